The average molecular weight is 407 g/mol. The summed E-state index contributed by atoms with van der Waals surface area (Å²) in [5, 5.41) is 3.58. The molecule has 0 atom stereocenters. The molecule has 142 valence electrons. The highest BCUT2D eigenvalue weighted by Gasteiger charge is 2.19. The van der Waals surface area contributed by atoms with Gasteiger partial charge >= 0.3 is 0 Å². The summed E-state index contributed by atoms with van der Waals surface area (Å²) in [7, 11) is 0. The zero-order chi connectivity index (χ0) is 19.2. The molecular weight excluding hydrogens is 387 g/mol. The number of hydrogen-bond acceptors (Lipinski definition) is 3. The van der Waals surface area contributed by atoms with Crippen LogP contribution in [0.2, 0.25) is 10.0 Å². The molecule has 2 aromatic carbocycles. The molecule has 3 rings (SSSR count). The number of rotatable bonds is 6. The van der Waals surface area contributed by atoms with Gasteiger partial charge in [-0.1, -0.05) is 35.3 Å². The van der Waals surface area contributed by atoms with Crippen LogP contribution in [-0.4, -0.2) is 36.4 Å². The molecule has 1 saturated heterocycles. The number of amides is 2. The van der Waals surface area contributed by atoms with Gasteiger partial charge in [-0.05, 0) is 42.7 Å². The van der Waals surface area contributed by atoms with Gasteiger partial charge in [0.15, 0.2) is 6.61 Å². The minimum absolute atomic E-state index is 0.0450. The van der Waals surface area contributed by atoms with Crippen molar-refractivity contribution in [3.8, 4) is 5.75 Å². The van der Waals surface area contributed by atoms with Crippen LogP contribution in [-0.2, 0) is 11.3 Å². The maximum absolute atomic E-state index is 12.4. The SMILES string of the molecule is O=C(COc1ccc(Cl)c(Cl)c1)NCc1cccc(C(=O)N2CCCC2)c1. The van der Waals surface area contributed by atoms with Crippen molar-refractivity contribution < 1.29 is 14.3 Å². The van der Waals surface area contributed by atoms with E-state index in [1.54, 1.807) is 24.3 Å². The number of hydrogen-bond donors (Lipinski definition) is 1. The number of nitrogens with one attached hydrogen (secondary N) is 1. The molecule has 0 radical (unpaired) electrons. The average Bonchev–Trinajstić information content (AvgIpc) is 3.21. The zero-order valence-electron chi connectivity index (χ0n) is 14.7. The lowest BCUT2D eigenvalue weighted by Crippen LogP contribution is -2.29. The third-order valence-corrected chi connectivity index (χ3v) is 5.06. The lowest BCUT2D eigenvalue weighted by molar-refractivity contribution is -0.123. The Morgan fingerprint density at radius 3 is 2.56 bits per heavy atom. The van der Waals surface area contributed by atoms with Gasteiger partial charge in [0, 0.05) is 31.3 Å². The molecule has 1 heterocycles. The normalized spacial score (nSPS) is 13.5. The summed E-state index contributed by atoms with van der Waals surface area (Å²) in [4.78, 5) is 26.3. The molecule has 0 saturated carbocycles. The molecule has 0 aromatic heterocycles. The summed E-state index contributed by atoms with van der Waals surface area (Å²) in [5.74, 6) is 0.249. The molecule has 0 bridgehead atoms. The highest BCUT2D eigenvalue weighted by atomic mass is 35.5. The second kappa shape index (κ2) is 9.11. The Morgan fingerprint density at radius 1 is 1.04 bits per heavy atom. The Labute approximate surface area is 168 Å². The van der Waals surface area contributed by atoms with Crippen molar-refractivity contribution in [2.45, 2.75) is 19.4 Å². The Bertz CT molecular complexity index is 836. The Kier molecular flexibility index (Phi) is 6.58. The van der Waals surface area contributed by atoms with E-state index in [1.807, 2.05) is 23.1 Å². The molecule has 1 fully saturated rings. The predicted molar refractivity (Wildman–Crippen MR) is 105 cm³/mol. The van der Waals surface area contributed by atoms with Crippen LogP contribution < -0.4 is 10.1 Å². The Hall–Kier alpha value is -2.24. The third kappa shape index (κ3) is 5.37. The van der Waals surface area contributed by atoms with Crippen LogP contribution in [0.1, 0.15) is 28.8 Å². The van der Waals surface area contributed by atoms with Crippen molar-refractivity contribution in [3.63, 3.8) is 0 Å². The quantitative estimate of drug-likeness (QED) is 0.790. The van der Waals surface area contributed by atoms with Gasteiger partial charge in [-0.3, -0.25) is 9.59 Å². The van der Waals surface area contributed by atoms with Crippen LogP contribution in [0.15, 0.2) is 42.5 Å². The van der Waals surface area contributed by atoms with Crippen LogP contribution in [0, 0.1) is 0 Å². The summed E-state index contributed by atoms with van der Waals surface area (Å²) in [6.45, 7) is 1.81. The molecule has 7 heteroatoms. The van der Waals surface area contributed by atoms with Crippen molar-refractivity contribution in [2.24, 2.45) is 0 Å². The van der Waals surface area contributed by atoms with Crippen molar-refractivity contribution in [3.05, 3.63) is 63.6 Å². The van der Waals surface area contributed by atoms with E-state index in [0.717, 1.165) is 31.5 Å². The number of benzene rings is 2. The highest BCUT2D eigenvalue weighted by Crippen LogP contribution is 2.26. The lowest BCUT2D eigenvalue weighted by atomic mass is 10.1. The van der Waals surface area contributed by atoms with E-state index in [4.69, 9.17) is 27.9 Å². The number of carbonyl (C=O) groups is 2. The number of nitrogens with zero attached hydrogens (tertiary/aromatic N) is 1. The number of likely N-dealkylation sites (tertiary alicyclic amines) is 1. The summed E-state index contributed by atoms with van der Waals surface area (Å²) in [6.07, 6.45) is 2.11. The molecule has 0 aliphatic carbocycles. The fourth-order valence-corrected chi connectivity index (χ4v) is 3.17. The number of halogens is 2. The van der Waals surface area contributed by atoms with E-state index >= 15 is 0 Å². The zero-order valence-corrected chi connectivity index (χ0v) is 16.2. The first-order chi connectivity index (χ1) is 13.0. The topological polar surface area (TPSA) is 58.6 Å². The van der Waals surface area contributed by atoms with Crippen molar-refractivity contribution in [2.75, 3.05) is 19.7 Å². The van der Waals surface area contributed by atoms with E-state index in [9.17, 15) is 9.59 Å². The van der Waals surface area contributed by atoms with Crippen molar-refractivity contribution in [1.29, 1.82) is 0 Å². The predicted octanol–water partition coefficient (Wildman–Crippen LogP) is 3.92. The Morgan fingerprint density at radius 2 is 1.81 bits per heavy atom. The molecule has 1 aliphatic rings. The van der Waals surface area contributed by atoms with E-state index in [0.29, 0.717) is 27.9 Å². The smallest absolute Gasteiger partial charge is 0.258 e. The van der Waals surface area contributed by atoms with E-state index in [2.05, 4.69) is 5.32 Å². The van der Waals surface area contributed by atoms with Gasteiger partial charge in [-0.25, -0.2) is 0 Å². The summed E-state index contributed by atoms with van der Waals surface area (Å²) in [6, 6.07) is 12.2. The van der Waals surface area contributed by atoms with Gasteiger partial charge in [0.2, 0.25) is 0 Å². The van der Waals surface area contributed by atoms with Crippen LogP contribution >= 0.6 is 23.2 Å². The van der Waals surface area contributed by atoms with E-state index in [1.165, 1.54) is 0 Å². The van der Waals surface area contributed by atoms with Gasteiger partial charge in [-0.15, -0.1) is 0 Å². The lowest BCUT2D eigenvalue weighted by Gasteiger charge is -2.15. The Balaban J connectivity index is 1.50. The van der Waals surface area contributed by atoms with Gasteiger partial charge < -0.3 is 15.0 Å². The highest BCUT2D eigenvalue weighted by molar-refractivity contribution is 6.42. The molecule has 1 N–H and O–H groups in total. The molecule has 2 aromatic rings. The maximum Gasteiger partial charge on any atom is 0.258 e. The molecule has 0 spiro atoms. The minimum atomic E-state index is -0.266. The number of carbonyl (C=O) groups excluding carboxylic acids is 2. The fraction of sp³-hybridized carbons (Fsp3) is 0.300. The molecule has 1 aliphatic heterocycles. The summed E-state index contributed by atoms with van der Waals surface area (Å²) >= 11 is 11.8. The van der Waals surface area contributed by atoms with Crippen molar-refractivity contribution in [1.82, 2.24) is 10.2 Å². The van der Waals surface area contributed by atoms with Gasteiger partial charge in [0.1, 0.15) is 5.75 Å². The van der Waals surface area contributed by atoms with E-state index in [-0.39, 0.29) is 18.4 Å². The molecule has 5 nitrogen and oxygen atoms in total. The summed E-state index contributed by atoms with van der Waals surface area (Å²) in [5.41, 5.74) is 1.51. The first-order valence-electron chi connectivity index (χ1n) is 8.76. The van der Waals surface area contributed by atoms with E-state index < -0.39 is 0 Å². The summed E-state index contributed by atoms with van der Waals surface area (Å²) < 4.78 is 5.41. The molecule has 0 unspecified atom stereocenters. The third-order valence-electron chi connectivity index (χ3n) is 4.32. The van der Waals surface area contributed by atoms with Gasteiger partial charge in [0.25, 0.3) is 11.8 Å². The first-order valence-corrected chi connectivity index (χ1v) is 9.51. The molecule has 2 amide bonds. The molecule has 27 heavy (non-hydrogen) atoms. The van der Waals surface area contributed by atoms with Crippen LogP contribution in [0.5, 0.6) is 5.75 Å². The van der Waals surface area contributed by atoms with Crippen LogP contribution in [0.4, 0.5) is 0 Å². The molecular formula is C20H20Cl2N2O3. The minimum Gasteiger partial charge on any atom is -0.484 e. The van der Waals surface area contributed by atoms with Gasteiger partial charge in [0.05, 0.1) is 10.0 Å². The van der Waals surface area contributed by atoms with Crippen molar-refractivity contribution >= 4 is 35.0 Å². The first kappa shape index (κ1) is 19.5. The number of ether oxygens (including phenoxy) is 1. The van der Waals surface area contributed by atoms with Crippen LogP contribution in [0.25, 0.3) is 0 Å². The maximum atomic E-state index is 12.4. The van der Waals surface area contributed by atoms with Crippen LogP contribution in [0.3, 0.4) is 0 Å². The second-order valence-electron chi connectivity index (χ2n) is 6.34. The second-order valence-corrected chi connectivity index (χ2v) is 7.16. The fourth-order valence-electron chi connectivity index (χ4n) is 2.88. The standard InChI is InChI=1S/C20H20Cl2N2O3/c21-17-7-6-16(11-18(17)22)27-13-19(25)23-12-14-4-3-5-15(10-14)20(26)24-8-1-2-9-24/h3-7,10-11H,1-2,8-9,12-13H2,(H,23,25). The largest absolute Gasteiger partial charge is 0.484 e. The monoisotopic (exact) mass is 406 g/mol. The van der Waals surface area contributed by atoms with Gasteiger partial charge in [-0.2, -0.15) is 0 Å².